The average Bonchev–Trinajstić information content (AvgIpc) is 2.02. The van der Waals surface area contributed by atoms with Crippen LogP contribution in [-0.2, 0) is 4.74 Å². The number of nitrogens with one attached hydrogen (secondary N) is 1. The normalized spacial score (nSPS) is 11.0. The molecular formula is C7H16F2N2O. The number of rotatable bonds is 8. The third-order valence-electron chi connectivity index (χ3n) is 1.21. The Hall–Kier alpha value is -0.260. The van der Waals surface area contributed by atoms with Crippen molar-refractivity contribution in [3.63, 3.8) is 0 Å². The van der Waals surface area contributed by atoms with Crippen LogP contribution in [0.5, 0.6) is 0 Å². The van der Waals surface area contributed by atoms with Gasteiger partial charge in [0, 0.05) is 19.7 Å². The summed E-state index contributed by atoms with van der Waals surface area (Å²) < 4.78 is 27.7. The van der Waals surface area contributed by atoms with E-state index in [0.717, 1.165) is 19.5 Å². The van der Waals surface area contributed by atoms with Crippen LogP contribution in [0.3, 0.4) is 0 Å². The van der Waals surface area contributed by atoms with E-state index in [1.807, 2.05) is 0 Å². The predicted octanol–water partition coefficient (Wildman–Crippen LogP) is 0.206. The molecule has 0 aromatic heterocycles. The minimum absolute atomic E-state index is 0.377. The van der Waals surface area contributed by atoms with Gasteiger partial charge in [-0.3, -0.25) is 0 Å². The van der Waals surface area contributed by atoms with Crippen LogP contribution in [-0.4, -0.2) is 39.3 Å². The van der Waals surface area contributed by atoms with E-state index in [1.54, 1.807) is 0 Å². The highest BCUT2D eigenvalue weighted by Gasteiger charge is 2.00. The van der Waals surface area contributed by atoms with Crippen molar-refractivity contribution < 1.29 is 13.5 Å². The molecule has 12 heavy (non-hydrogen) atoms. The van der Waals surface area contributed by atoms with Crippen molar-refractivity contribution in [2.45, 2.75) is 12.8 Å². The van der Waals surface area contributed by atoms with Crippen LogP contribution in [0.2, 0.25) is 0 Å². The molecule has 5 heteroatoms. The lowest BCUT2D eigenvalue weighted by Gasteiger charge is -2.03. The Balaban J connectivity index is 2.82. The van der Waals surface area contributed by atoms with Gasteiger partial charge >= 0.3 is 0 Å². The molecule has 0 rings (SSSR count). The Morgan fingerprint density at radius 2 is 2.08 bits per heavy atom. The highest BCUT2D eigenvalue weighted by atomic mass is 19.3. The van der Waals surface area contributed by atoms with Gasteiger partial charge in [0.15, 0.2) is 0 Å². The second kappa shape index (κ2) is 8.83. The van der Waals surface area contributed by atoms with E-state index >= 15 is 0 Å². The Labute approximate surface area is 71.3 Å². The maximum Gasteiger partial charge on any atom is 0.261 e. The zero-order valence-corrected chi connectivity index (χ0v) is 7.06. The lowest BCUT2D eigenvalue weighted by molar-refractivity contribution is 0.0168. The number of halogens is 2. The van der Waals surface area contributed by atoms with Crippen LogP contribution < -0.4 is 11.1 Å². The summed E-state index contributed by atoms with van der Waals surface area (Å²) in [7, 11) is 0. The van der Waals surface area contributed by atoms with E-state index in [2.05, 4.69) is 10.1 Å². The average molecular weight is 182 g/mol. The number of nitrogens with two attached hydrogens (primary N) is 1. The number of ether oxygens (including phenoxy) is 1. The van der Waals surface area contributed by atoms with Crippen LogP contribution in [0.25, 0.3) is 0 Å². The van der Waals surface area contributed by atoms with Gasteiger partial charge in [-0.2, -0.15) is 0 Å². The van der Waals surface area contributed by atoms with E-state index in [0.29, 0.717) is 13.2 Å². The molecule has 3 nitrogen and oxygen atoms in total. The zero-order chi connectivity index (χ0) is 9.23. The first-order valence-electron chi connectivity index (χ1n) is 4.04. The molecule has 3 N–H and O–H groups in total. The molecule has 74 valence electrons. The molecule has 0 amide bonds. The summed E-state index contributed by atoms with van der Waals surface area (Å²) in [6, 6.07) is 0. The van der Waals surface area contributed by atoms with Crippen molar-refractivity contribution in [2.24, 2.45) is 5.73 Å². The predicted molar refractivity (Wildman–Crippen MR) is 43.4 cm³/mol. The van der Waals surface area contributed by atoms with Gasteiger partial charge in [0.05, 0.1) is 0 Å². The third-order valence-corrected chi connectivity index (χ3v) is 1.21. The summed E-state index contributed by atoms with van der Waals surface area (Å²) in [6.07, 6.45) is -1.62. The summed E-state index contributed by atoms with van der Waals surface area (Å²) in [5.41, 5.74) is 5.22. The molecular weight excluding hydrogens is 166 g/mol. The summed E-state index contributed by atoms with van der Waals surface area (Å²) in [4.78, 5) is 0. The fraction of sp³-hybridized carbons (Fsp3) is 1.00. The van der Waals surface area contributed by atoms with Crippen LogP contribution in [0, 0.1) is 0 Å². The van der Waals surface area contributed by atoms with Gasteiger partial charge in [-0.15, -0.1) is 0 Å². The number of alkyl halides is 2. The van der Waals surface area contributed by atoms with Crippen LogP contribution in [0.4, 0.5) is 8.78 Å². The highest BCUT2D eigenvalue weighted by molar-refractivity contribution is 4.47. The lowest BCUT2D eigenvalue weighted by atomic mass is 10.4. The molecule has 0 aliphatic carbocycles. The fourth-order valence-corrected chi connectivity index (χ4v) is 0.699. The van der Waals surface area contributed by atoms with Gasteiger partial charge < -0.3 is 15.8 Å². The highest BCUT2D eigenvalue weighted by Crippen LogP contribution is 1.92. The van der Waals surface area contributed by atoms with Gasteiger partial charge in [-0.1, -0.05) is 0 Å². The standard InChI is InChI=1S/C7H16F2N2O/c8-7(9)6-12-5-1-3-11-4-2-10/h7,11H,1-6,10H2. The van der Waals surface area contributed by atoms with E-state index in [1.165, 1.54) is 0 Å². The molecule has 0 aromatic carbocycles. The first-order chi connectivity index (χ1) is 5.77. The number of hydrogen-bond acceptors (Lipinski definition) is 3. The van der Waals surface area contributed by atoms with Crippen LogP contribution in [0.1, 0.15) is 6.42 Å². The van der Waals surface area contributed by atoms with Gasteiger partial charge in [0.25, 0.3) is 6.43 Å². The quantitative estimate of drug-likeness (QED) is 0.527. The molecule has 0 radical (unpaired) electrons. The van der Waals surface area contributed by atoms with Crippen molar-refractivity contribution in [3.05, 3.63) is 0 Å². The smallest absolute Gasteiger partial charge is 0.261 e. The van der Waals surface area contributed by atoms with Crippen LogP contribution >= 0.6 is 0 Å². The van der Waals surface area contributed by atoms with Crippen molar-refractivity contribution in [1.82, 2.24) is 5.32 Å². The molecule has 0 saturated carbocycles. The molecule has 0 aliphatic rings. The zero-order valence-electron chi connectivity index (χ0n) is 7.06. The van der Waals surface area contributed by atoms with E-state index in [-0.39, 0.29) is 0 Å². The van der Waals surface area contributed by atoms with E-state index in [4.69, 9.17) is 5.73 Å². The number of hydrogen-bond donors (Lipinski definition) is 2. The summed E-state index contributed by atoms with van der Waals surface area (Å²) in [5.74, 6) is 0. The van der Waals surface area contributed by atoms with E-state index in [9.17, 15) is 8.78 Å². The first kappa shape index (κ1) is 11.7. The molecule has 0 aromatic rings. The lowest BCUT2D eigenvalue weighted by Crippen LogP contribution is -2.24. The fourth-order valence-electron chi connectivity index (χ4n) is 0.699. The molecule has 0 unspecified atom stereocenters. The van der Waals surface area contributed by atoms with Crippen molar-refractivity contribution in [2.75, 3.05) is 32.8 Å². The largest absolute Gasteiger partial charge is 0.375 e. The van der Waals surface area contributed by atoms with Crippen LogP contribution in [0.15, 0.2) is 0 Å². The summed E-state index contributed by atoms with van der Waals surface area (Å²) in [5, 5.41) is 3.03. The monoisotopic (exact) mass is 182 g/mol. The topological polar surface area (TPSA) is 47.3 Å². The minimum Gasteiger partial charge on any atom is -0.375 e. The maximum atomic E-state index is 11.5. The third kappa shape index (κ3) is 9.74. The second-order valence-electron chi connectivity index (χ2n) is 2.36. The van der Waals surface area contributed by atoms with Gasteiger partial charge in [0.1, 0.15) is 6.61 Å². The first-order valence-corrected chi connectivity index (χ1v) is 4.04. The molecule has 0 heterocycles. The van der Waals surface area contributed by atoms with Gasteiger partial charge in [0.2, 0.25) is 0 Å². The Morgan fingerprint density at radius 1 is 1.33 bits per heavy atom. The Bertz CT molecular complexity index is 93.5. The molecule has 0 saturated heterocycles. The second-order valence-corrected chi connectivity index (χ2v) is 2.36. The van der Waals surface area contributed by atoms with E-state index < -0.39 is 13.0 Å². The Kier molecular flexibility index (Phi) is 8.64. The summed E-state index contributed by atoms with van der Waals surface area (Å²) >= 11 is 0. The van der Waals surface area contributed by atoms with Crippen molar-refractivity contribution >= 4 is 0 Å². The van der Waals surface area contributed by atoms with Gasteiger partial charge in [-0.25, -0.2) is 8.78 Å². The van der Waals surface area contributed by atoms with Crippen molar-refractivity contribution in [3.8, 4) is 0 Å². The molecule has 0 atom stereocenters. The molecule has 0 bridgehead atoms. The molecule has 0 fully saturated rings. The van der Waals surface area contributed by atoms with Gasteiger partial charge in [-0.05, 0) is 13.0 Å². The molecule has 0 aliphatic heterocycles. The Morgan fingerprint density at radius 3 is 2.67 bits per heavy atom. The maximum absolute atomic E-state index is 11.5. The minimum atomic E-state index is -2.36. The molecule has 0 spiro atoms. The summed E-state index contributed by atoms with van der Waals surface area (Å²) in [6.45, 7) is 2.03. The SMILES string of the molecule is NCCNCCCOCC(F)F. The van der Waals surface area contributed by atoms with Crippen molar-refractivity contribution in [1.29, 1.82) is 0 Å².